The third kappa shape index (κ3) is 4.04. The molecule has 2 fully saturated rings. The van der Waals surface area contributed by atoms with Gasteiger partial charge < -0.3 is 9.64 Å². The predicted octanol–water partition coefficient (Wildman–Crippen LogP) is 3.92. The number of benzene rings is 1. The average Bonchev–Trinajstić information content (AvgIpc) is 3.12. The van der Waals surface area contributed by atoms with E-state index in [1.54, 1.807) is 23.9 Å². The van der Waals surface area contributed by atoms with Crippen LogP contribution in [0.25, 0.3) is 5.69 Å². The number of halogens is 1. The number of thioether (sulfide) groups is 1. The van der Waals surface area contributed by atoms with E-state index in [4.69, 9.17) is 4.74 Å². The molecule has 0 bridgehead atoms. The lowest BCUT2D eigenvalue weighted by Gasteiger charge is -2.28. The maximum absolute atomic E-state index is 13.8. The van der Waals surface area contributed by atoms with Crippen molar-refractivity contribution in [1.82, 2.24) is 14.8 Å². The molecule has 5 nitrogen and oxygen atoms in total. The van der Waals surface area contributed by atoms with Crippen LogP contribution in [0, 0.1) is 11.7 Å². The summed E-state index contributed by atoms with van der Waals surface area (Å²) in [5.41, 5.74) is 0.780. The van der Waals surface area contributed by atoms with Crippen molar-refractivity contribution in [1.29, 1.82) is 0 Å². The summed E-state index contributed by atoms with van der Waals surface area (Å²) in [5.74, 6) is 2.34. The van der Waals surface area contributed by atoms with Crippen molar-refractivity contribution in [3.8, 4) is 5.69 Å². The predicted molar refractivity (Wildman–Crippen MR) is 102 cm³/mol. The van der Waals surface area contributed by atoms with Gasteiger partial charge in [-0.25, -0.2) is 4.39 Å². The zero-order valence-electron chi connectivity index (χ0n) is 14.9. The lowest BCUT2D eigenvalue weighted by atomic mass is 9.91. The Balaban J connectivity index is 1.61. The molecule has 0 atom stereocenters. The van der Waals surface area contributed by atoms with Crippen molar-refractivity contribution in [3.05, 3.63) is 30.1 Å². The molecule has 0 N–H and O–H groups in total. The molecule has 0 unspecified atom stereocenters. The Hall–Kier alpha value is -1.60. The summed E-state index contributed by atoms with van der Waals surface area (Å²) < 4.78 is 21.3. The van der Waals surface area contributed by atoms with Gasteiger partial charge in [0, 0.05) is 18.8 Å². The summed E-state index contributed by atoms with van der Waals surface area (Å²) in [6.07, 6.45) is 6.64. The summed E-state index contributed by atoms with van der Waals surface area (Å²) in [6, 6.07) is 6.68. The average molecular weight is 377 g/mol. The van der Waals surface area contributed by atoms with Crippen LogP contribution in [-0.4, -0.2) is 46.8 Å². The summed E-state index contributed by atoms with van der Waals surface area (Å²) in [5, 5.41) is 9.75. The summed E-state index contributed by atoms with van der Waals surface area (Å²) in [7, 11) is 0. The van der Waals surface area contributed by atoms with Crippen LogP contribution in [0.1, 0.15) is 32.1 Å². The molecular weight excluding hydrogens is 351 g/mol. The molecule has 2 heterocycles. The molecule has 0 radical (unpaired) electrons. The minimum absolute atomic E-state index is 0.243. The van der Waals surface area contributed by atoms with Gasteiger partial charge in [0.2, 0.25) is 5.95 Å². The third-order valence-electron chi connectivity index (χ3n) is 5.15. The minimum Gasteiger partial charge on any atom is -0.378 e. The number of morpholine rings is 1. The number of nitrogens with zero attached hydrogens (tertiary/aromatic N) is 4. The Morgan fingerprint density at radius 1 is 1.12 bits per heavy atom. The minimum atomic E-state index is -0.243. The van der Waals surface area contributed by atoms with Crippen LogP contribution in [0.4, 0.5) is 10.3 Å². The fraction of sp³-hybridized carbons (Fsp3) is 0.579. The molecule has 1 saturated heterocycles. The van der Waals surface area contributed by atoms with E-state index in [1.165, 1.54) is 38.2 Å². The molecule has 1 aromatic carbocycles. The molecule has 4 rings (SSSR count). The monoisotopic (exact) mass is 376 g/mol. The van der Waals surface area contributed by atoms with E-state index in [0.29, 0.717) is 13.2 Å². The fourth-order valence-electron chi connectivity index (χ4n) is 3.71. The Morgan fingerprint density at radius 2 is 1.92 bits per heavy atom. The van der Waals surface area contributed by atoms with Gasteiger partial charge in [0.25, 0.3) is 0 Å². The number of hydrogen-bond acceptors (Lipinski definition) is 5. The molecule has 140 valence electrons. The number of ether oxygens (including phenoxy) is 1. The Labute approximate surface area is 157 Å². The van der Waals surface area contributed by atoms with E-state index < -0.39 is 0 Å². The standard InChI is InChI=1S/C19H25FN4OS/c20-16-7-4-8-17(13-16)24-18(23-9-11-25-12-10-23)21-22-19(24)26-14-15-5-2-1-3-6-15/h4,7-8,13,15H,1-3,5-6,9-12,14H2. The largest absolute Gasteiger partial charge is 0.378 e. The molecule has 2 aromatic rings. The molecule has 1 saturated carbocycles. The van der Waals surface area contributed by atoms with Crippen molar-refractivity contribution in [2.45, 2.75) is 37.3 Å². The molecule has 1 aliphatic carbocycles. The van der Waals surface area contributed by atoms with Crippen LogP contribution in [0.15, 0.2) is 29.4 Å². The highest BCUT2D eigenvalue weighted by Crippen LogP contribution is 2.32. The summed E-state index contributed by atoms with van der Waals surface area (Å²) in [6.45, 7) is 2.92. The molecular formula is C19H25FN4OS. The molecule has 1 aliphatic heterocycles. The zero-order chi connectivity index (χ0) is 17.8. The van der Waals surface area contributed by atoms with E-state index >= 15 is 0 Å². The number of anilines is 1. The first kappa shape index (κ1) is 17.8. The van der Waals surface area contributed by atoms with Gasteiger partial charge in [0.05, 0.1) is 18.9 Å². The van der Waals surface area contributed by atoms with Crippen LogP contribution >= 0.6 is 11.8 Å². The highest BCUT2D eigenvalue weighted by Gasteiger charge is 2.23. The normalized spacial score (nSPS) is 19.0. The van der Waals surface area contributed by atoms with Gasteiger partial charge in [-0.15, -0.1) is 10.2 Å². The first-order valence-corrected chi connectivity index (χ1v) is 10.5. The molecule has 1 aromatic heterocycles. The highest BCUT2D eigenvalue weighted by molar-refractivity contribution is 7.99. The maximum atomic E-state index is 13.8. The van der Waals surface area contributed by atoms with Gasteiger partial charge in [0.15, 0.2) is 5.16 Å². The third-order valence-corrected chi connectivity index (χ3v) is 6.31. The van der Waals surface area contributed by atoms with E-state index in [9.17, 15) is 4.39 Å². The summed E-state index contributed by atoms with van der Waals surface area (Å²) >= 11 is 1.75. The first-order chi connectivity index (χ1) is 12.8. The van der Waals surface area contributed by atoms with E-state index in [2.05, 4.69) is 15.1 Å². The van der Waals surface area contributed by atoms with Gasteiger partial charge in [0.1, 0.15) is 5.82 Å². The topological polar surface area (TPSA) is 43.2 Å². The second kappa shape index (κ2) is 8.39. The highest BCUT2D eigenvalue weighted by atomic mass is 32.2. The Morgan fingerprint density at radius 3 is 2.69 bits per heavy atom. The second-order valence-electron chi connectivity index (χ2n) is 7.01. The first-order valence-electron chi connectivity index (χ1n) is 9.48. The lowest BCUT2D eigenvalue weighted by molar-refractivity contribution is 0.122. The SMILES string of the molecule is Fc1cccc(-n2c(SCC3CCCCC3)nnc2N2CCOCC2)c1. The van der Waals surface area contributed by atoms with Gasteiger partial charge >= 0.3 is 0 Å². The van der Waals surface area contributed by atoms with Crippen LogP contribution in [0.2, 0.25) is 0 Å². The van der Waals surface area contributed by atoms with E-state index in [0.717, 1.165) is 41.6 Å². The fourth-order valence-corrected chi connectivity index (χ4v) is 4.84. The molecule has 0 spiro atoms. The molecule has 2 aliphatic rings. The van der Waals surface area contributed by atoms with Crippen molar-refractivity contribution >= 4 is 17.7 Å². The molecule has 26 heavy (non-hydrogen) atoms. The Kier molecular flexibility index (Phi) is 5.75. The van der Waals surface area contributed by atoms with Gasteiger partial charge in [-0.1, -0.05) is 37.1 Å². The lowest BCUT2D eigenvalue weighted by Crippen LogP contribution is -2.37. The number of hydrogen-bond donors (Lipinski definition) is 0. The zero-order valence-corrected chi connectivity index (χ0v) is 15.8. The second-order valence-corrected chi connectivity index (χ2v) is 8.00. The van der Waals surface area contributed by atoms with Crippen LogP contribution in [0.3, 0.4) is 0 Å². The van der Waals surface area contributed by atoms with Crippen molar-refractivity contribution in [2.24, 2.45) is 5.92 Å². The van der Waals surface area contributed by atoms with Crippen molar-refractivity contribution < 1.29 is 9.13 Å². The quantitative estimate of drug-likeness (QED) is 0.740. The molecule has 7 heteroatoms. The van der Waals surface area contributed by atoms with Gasteiger partial charge in [-0.05, 0) is 37.0 Å². The van der Waals surface area contributed by atoms with Crippen molar-refractivity contribution in [3.63, 3.8) is 0 Å². The Bertz CT molecular complexity index is 726. The number of rotatable bonds is 5. The maximum Gasteiger partial charge on any atom is 0.232 e. The van der Waals surface area contributed by atoms with Crippen LogP contribution in [0.5, 0.6) is 0 Å². The van der Waals surface area contributed by atoms with E-state index in [1.807, 2.05) is 10.6 Å². The van der Waals surface area contributed by atoms with Gasteiger partial charge in [-0.3, -0.25) is 4.57 Å². The summed E-state index contributed by atoms with van der Waals surface area (Å²) in [4.78, 5) is 2.17. The smallest absolute Gasteiger partial charge is 0.232 e. The molecule has 0 amide bonds. The van der Waals surface area contributed by atoms with Crippen molar-refractivity contribution in [2.75, 3.05) is 37.0 Å². The van der Waals surface area contributed by atoms with Gasteiger partial charge in [-0.2, -0.15) is 0 Å². The van der Waals surface area contributed by atoms with E-state index in [-0.39, 0.29) is 5.82 Å². The number of aromatic nitrogens is 3. The van der Waals surface area contributed by atoms with Crippen LogP contribution < -0.4 is 4.90 Å². The van der Waals surface area contributed by atoms with Crippen LogP contribution in [-0.2, 0) is 4.74 Å².